The molecule has 3 heteroatoms. The number of benzene rings is 2. The van der Waals surface area contributed by atoms with Crippen molar-refractivity contribution in [1.29, 1.82) is 0 Å². The molecule has 0 saturated carbocycles. The Balaban J connectivity index is 1.98. The first-order valence-electron chi connectivity index (χ1n) is 6.24. The number of hydrogen-bond acceptors (Lipinski definition) is 3. The van der Waals surface area contributed by atoms with Gasteiger partial charge in [-0.1, -0.05) is 36.4 Å². The van der Waals surface area contributed by atoms with E-state index in [1.165, 1.54) is 12.2 Å². The molecule has 6 rings (SSSR count). The Morgan fingerprint density at radius 3 is 1.35 bits per heavy atom. The summed E-state index contributed by atoms with van der Waals surface area (Å²) in [6.45, 7) is 0. The number of allylic oxidation sites excluding steroid dienone is 2. The maximum Gasteiger partial charge on any atom is 0.178 e. The lowest BCUT2D eigenvalue weighted by Crippen LogP contribution is -1.99. The standard InChI is InChI=1S/C17H12O3/c18-15-7-1-13-3-9-16(10-4-13)19-20-17-11-5-14(2-8-15)6-12-17/h1-12H. The van der Waals surface area contributed by atoms with E-state index < -0.39 is 0 Å². The first kappa shape index (κ1) is 12.2. The zero-order valence-corrected chi connectivity index (χ0v) is 10.7. The molecule has 4 aliphatic rings. The summed E-state index contributed by atoms with van der Waals surface area (Å²) >= 11 is 0. The lowest BCUT2D eigenvalue weighted by molar-refractivity contribution is -0.110. The van der Waals surface area contributed by atoms with Gasteiger partial charge in [0.25, 0.3) is 0 Å². The largest absolute Gasteiger partial charge is 0.290 e. The molecular formula is C17H12O3. The van der Waals surface area contributed by atoms with Crippen LogP contribution in [0.2, 0.25) is 0 Å². The van der Waals surface area contributed by atoms with Crippen LogP contribution in [-0.4, -0.2) is 5.78 Å². The number of hydrogen-bond donors (Lipinski definition) is 0. The summed E-state index contributed by atoms with van der Waals surface area (Å²) < 4.78 is 0. The van der Waals surface area contributed by atoms with Crippen LogP contribution < -0.4 is 9.78 Å². The van der Waals surface area contributed by atoms with E-state index in [1.54, 1.807) is 36.4 Å². The van der Waals surface area contributed by atoms with Crippen molar-refractivity contribution < 1.29 is 14.6 Å². The quantitative estimate of drug-likeness (QED) is 0.681. The van der Waals surface area contributed by atoms with Gasteiger partial charge in [-0.05, 0) is 47.5 Å². The molecular weight excluding hydrogens is 252 g/mol. The summed E-state index contributed by atoms with van der Waals surface area (Å²) in [5, 5.41) is 0. The Hall–Kier alpha value is -2.81. The van der Waals surface area contributed by atoms with E-state index in [9.17, 15) is 4.79 Å². The monoisotopic (exact) mass is 264 g/mol. The zero-order valence-electron chi connectivity index (χ0n) is 10.7. The van der Waals surface area contributed by atoms with Crippen LogP contribution in [0.25, 0.3) is 12.2 Å². The van der Waals surface area contributed by atoms with Crippen molar-refractivity contribution in [3.8, 4) is 11.5 Å². The van der Waals surface area contributed by atoms with Crippen LogP contribution in [0.1, 0.15) is 11.1 Å². The molecule has 0 N–H and O–H groups in total. The molecule has 4 bridgehead atoms. The minimum atomic E-state index is -0.0551. The van der Waals surface area contributed by atoms with Crippen molar-refractivity contribution in [3.63, 3.8) is 0 Å². The topological polar surface area (TPSA) is 35.5 Å². The fourth-order valence-electron chi connectivity index (χ4n) is 1.78. The summed E-state index contributed by atoms with van der Waals surface area (Å²) in [7, 11) is 0. The Morgan fingerprint density at radius 2 is 0.950 bits per heavy atom. The van der Waals surface area contributed by atoms with Gasteiger partial charge in [0.05, 0.1) is 0 Å². The highest BCUT2D eigenvalue weighted by atomic mass is 17.2. The minimum absolute atomic E-state index is 0.0551. The second-order valence-electron chi connectivity index (χ2n) is 4.37. The van der Waals surface area contributed by atoms with Crippen molar-refractivity contribution in [2.75, 3.05) is 0 Å². The molecule has 0 aromatic heterocycles. The molecule has 20 heavy (non-hydrogen) atoms. The molecule has 3 nitrogen and oxygen atoms in total. The van der Waals surface area contributed by atoms with Gasteiger partial charge in [0.1, 0.15) is 0 Å². The molecule has 0 fully saturated rings. The van der Waals surface area contributed by atoms with Crippen molar-refractivity contribution in [2.24, 2.45) is 0 Å². The molecule has 0 radical (unpaired) electrons. The Morgan fingerprint density at radius 1 is 0.550 bits per heavy atom. The first-order chi connectivity index (χ1) is 9.79. The molecule has 98 valence electrons. The molecule has 2 aromatic carbocycles. The fraction of sp³-hybridized carbons (Fsp3) is 0. The van der Waals surface area contributed by atoms with Crippen molar-refractivity contribution in [1.82, 2.24) is 0 Å². The van der Waals surface area contributed by atoms with Gasteiger partial charge >= 0.3 is 0 Å². The molecule has 0 amide bonds. The molecule has 0 saturated heterocycles. The number of ketones is 1. The molecule has 2 aromatic rings. The second kappa shape index (κ2) is 5.45. The van der Waals surface area contributed by atoms with E-state index in [0.717, 1.165) is 11.1 Å². The summed E-state index contributed by atoms with van der Waals surface area (Å²) in [4.78, 5) is 22.2. The van der Waals surface area contributed by atoms with Gasteiger partial charge in [0, 0.05) is 0 Å². The fourth-order valence-corrected chi connectivity index (χ4v) is 1.78. The summed E-state index contributed by atoms with van der Waals surface area (Å²) in [6.07, 6.45) is 6.60. The third kappa shape index (κ3) is 2.95. The van der Waals surface area contributed by atoms with Crippen LogP contribution in [0.5, 0.6) is 11.5 Å². The van der Waals surface area contributed by atoms with Crippen LogP contribution in [0, 0.1) is 0 Å². The van der Waals surface area contributed by atoms with E-state index in [1.807, 2.05) is 24.3 Å². The Labute approximate surface area is 116 Å². The van der Waals surface area contributed by atoms with Gasteiger partial charge in [0.15, 0.2) is 17.3 Å². The van der Waals surface area contributed by atoms with Gasteiger partial charge in [-0.2, -0.15) is 0 Å². The summed E-state index contributed by atoms with van der Waals surface area (Å²) in [5.74, 6) is 1.15. The average molecular weight is 264 g/mol. The van der Waals surface area contributed by atoms with E-state index in [2.05, 4.69) is 0 Å². The number of carbonyl (C=O) groups excluding carboxylic acids is 1. The second-order valence-corrected chi connectivity index (χ2v) is 4.37. The van der Waals surface area contributed by atoms with Crippen LogP contribution in [0.3, 0.4) is 0 Å². The smallest absolute Gasteiger partial charge is 0.178 e. The predicted octanol–water partition coefficient (Wildman–Crippen LogP) is 3.67. The molecule has 4 aliphatic heterocycles. The van der Waals surface area contributed by atoms with Crippen LogP contribution in [0.15, 0.2) is 60.7 Å². The maximum absolute atomic E-state index is 11.7. The van der Waals surface area contributed by atoms with Crippen molar-refractivity contribution in [2.45, 2.75) is 0 Å². The first-order valence-corrected chi connectivity index (χ1v) is 6.24. The highest BCUT2D eigenvalue weighted by Crippen LogP contribution is 2.18. The minimum Gasteiger partial charge on any atom is -0.290 e. The SMILES string of the molecule is O=C1C=Cc2ccc(cc2)OOc2ccc(cc2)C=C1. The maximum atomic E-state index is 11.7. The normalized spacial score (nSPS) is 13.5. The van der Waals surface area contributed by atoms with Crippen LogP contribution in [0.4, 0.5) is 0 Å². The zero-order chi connectivity index (χ0) is 13.8. The van der Waals surface area contributed by atoms with Gasteiger partial charge in [-0.3, -0.25) is 14.6 Å². The van der Waals surface area contributed by atoms with Crippen LogP contribution >= 0.6 is 0 Å². The molecule has 0 aliphatic carbocycles. The molecule has 0 atom stereocenters. The van der Waals surface area contributed by atoms with E-state index in [-0.39, 0.29) is 5.78 Å². The predicted molar refractivity (Wildman–Crippen MR) is 77.2 cm³/mol. The van der Waals surface area contributed by atoms with Crippen molar-refractivity contribution >= 4 is 17.9 Å². The van der Waals surface area contributed by atoms with Crippen molar-refractivity contribution in [3.05, 3.63) is 71.8 Å². The van der Waals surface area contributed by atoms with E-state index in [0.29, 0.717) is 11.5 Å². The average Bonchev–Trinajstić information content (AvgIpc) is 2.51. The van der Waals surface area contributed by atoms with Gasteiger partial charge in [0.2, 0.25) is 0 Å². The number of rotatable bonds is 0. The Bertz CT molecular complexity index is 605. The lowest BCUT2D eigenvalue weighted by Gasteiger charge is -2.06. The van der Waals surface area contributed by atoms with E-state index in [4.69, 9.17) is 9.78 Å². The summed E-state index contributed by atoms with van der Waals surface area (Å²) in [5.41, 5.74) is 1.85. The van der Waals surface area contributed by atoms with Gasteiger partial charge in [-0.15, -0.1) is 0 Å². The lowest BCUT2D eigenvalue weighted by atomic mass is 10.1. The number of carbonyl (C=O) groups is 1. The third-order valence-electron chi connectivity index (χ3n) is 2.87. The van der Waals surface area contributed by atoms with Gasteiger partial charge in [-0.25, -0.2) is 0 Å². The highest BCUT2D eigenvalue weighted by Gasteiger charge is 2.00. The highest BCUT2D eigenvalue weighted by molar-refractivity contribution is 6.04. The third-order valence-corrected chi connectivity index (χ3v) is 2.87. The molecule has 0 unspecified atom stereocenters. The van der Waals surface area contributed by atoms with Gasteiger partial charge < -0.3 is 0 Å². The molecule has 0 spiro atoms. The van der Waals surface area contributed by atoms with E-state index >= 15 is 0 Å². The van der Waals surface area contributed by atoms with Crippen LogP contribution in [-0.2, 0) is 4.79 Å². The molecule has 4 heterocycles. The summed E-state index contributed by atoms with van der Waals surface area (Å²) in [6, 6.07) is 14.6. The Kier molecular flexibility index (Phi) is 3.33.